The Hall–Kier alpha value is -0.750. The SMILES string of the molecule is CSCCCCNc1nc(C(C)(C)C(=O)O)cs1. The van der Waals surface area contributed by atoms with Gasteiger partial charge in [-0.1, -0.05) is 0 Å². The maximum absolute atomic E-state index is 11.1. The zero-order valence-corrected chi connectivity index (χ0v) is 12.7. The third-order valence-corrected chi connectivity index (χ3v) is 4.23. The summed E-state index contributed by atoms with van der Waals surface area (Å²) in [6, 6.07) is 0. The third kappa shape index (κ3) is 4.17. The van der Waals surface area contributed by atoms with E-state index in [0.717, 1.165) is 18.1 Å². The highest BCUT2D eigenvalue weighted by Gasteiger charge is 2.32. The number of hydrogen-bond acceptors (Lipinski definition) is 5. The van der Waals surface area contributed by atoms with Crippen molar-refractivity contribution >= 4 is 34.2 Å². The lowest BCUT2D eigenvalue weighted by atomic mass is 9.90. The molecule has 0 spiro atoms. The van der Waals surface area contributed by atoms with Gasteiger partial charge in [0.15, 0.2) is 5.13 Å². The lowest BCUT2D eigenvalue weighted by molar-refractivity contribution is -0.142. The molecule has 1 aromatic rings. The van der Waals surface area contributed by atoms with Crippen LogP contribution in [0.1, 0.15) is 32.4 Å². The lowest BCUT2D eigenvalue weighted by Crippen LogP contribution is -2.28. The number of nitrogens with zero attached hydrogens (tertiary/aromatic N) is 1. The highest BCUT2D eigenvalue weighted by molar-refractivity contribution is 7.98. The molecule has 1 rings (SSSR count). The van der Waals surface area contributed by atoms with Crippen molar-refractivity contribution in [2.45, 2.75) is 32.1 Å². The molecule has 4 nitrogen and oxygen atoms in total. The maximum atomic E-state index is 11.1. The van der Waals surface area contributed by atoms with E-state index in [2.05, 4.69) is 16.6 Å². The summed E-state index contributed by atoms with van der Waals surface area (Å²) >= 11 is 3.32. The molecule has 0 aliphatic heterocycles. The monoisotopic (exact) mass is 288 g/mol. The predicted octanol–water partition coefficient (Wildman–Crippen LogP) is 3.06. The Morgan fingerprint density at radius 3 is 2.89 bits per heavy atom. The number of unbranched alkanes of at least 4 members (excludes halogenated alkanes) is 1. The Bertz CT molecular complexity index is 391. The number of aliphatic carboxylic acids is 1. The van der Waals surface area contributed by atoms with Gasteiger partial charge in [-0.25, -0.2) is 4.98 Å². The Morgan fingerprint density at radius 1 is 1.56 bits per heavy atom. The number of hydrogen-bond donors (Lipinski definition) is 2. The van der Waals surface area contributed by atoms with Gasteiger partial charge < -0.3 is 10.4 Å². The van der Waals surface area contributed by atoms with Gasteiger partial charge in [-0.3, -0.25) is 4.79 Å². The van der Waals surface area contributed by atoms with E-state index in [1.807, 2.05) is 17.1 Å². The molecule has 0 saturated carbocycles. The van der Waals surface area contributed by atoms with Crippen molar-refractivity contribution in [2.24, 2.45) is 0 Å². The number of carboxylic acid groups (broad SMARTS) is 1. The van der Waals surface area contributed by atoms with Crippen molar-refractivity contribution in [1.82, 2.24) is 4.98 Å². The molecule has 0 fully saturated rings. The molecule has 0 aliphatic rings. The van der Waals surface area contributed by atoms with E-state index < -0.39 is 11.4 Å². The van der Waals surface area contributed by atoms with Gasteiger partial charge in [0.05, 0.1) is 5.69 Å². The quantitative estimate of drug-likeness (QED) is 0.720. The summed E-state index contributed by atoms with van der Waals surface area (Å²) in [5, 5.41) is 15.0. The molecule has 18 heavy (non-hydrogen) atoms. The van der Waals surface area contributed by atoms with Crippen molar-refractivity contribution in [3.05, 3.63) is 11.1 Å². The van der Waals surface area contributed by atoms with Crippen LogP contribution in [0.2, 0.25) is 0 Å². The van der Waals surface area contributed by atoms with E-state index in [-0.39, 0.29) is 0 Å². The van der Waals surface area contributed by atoms with E-state index >= 15 is 0 Å². The molecular weight excluding hydrogens is 268 g/mol. The standard InChI is InChI=1S/C12H20N2O2S2/c1-12(2,10(15)16)9-8-18-11(14-9)13-6-4-5-7-17-3/h8H,4-7H2,1-3H3,(H,13,14)(H,15,16). The molecule has 0 unspecified atom stereocenters. The zero-order valence-electron chi connectivity index (χ0n) is 11.0. The number of thiazole rings is 1. The predicted molar refractivity (Wildman–Crippen MR) is 78.9 cm³/mol. The van der Waals surface area contributed by atoms with Crippen LogP contribution in [0.25, 0.3) is 0 Å². The molecule has 2 N–H and O–H groups in total. The second-order valence-corrected chi connectivity index (χ2v) is 6.44. The lowest BCUT2D eigenvalue weighted by Gasteiger charge is -2.15. The molecule has 1 heterocycles. The van der Waals surface area contributed by atoms with Gasteiger partial charge >= 0.3 is 5.97 Å². The van der Waals surface area contributed by atoms with Gasteiger partial charge in [0.1, 0.15) is 5.41 Å². The van der Waals surface area contributed by atoms with Gasteiger partial charge in [0.2, 0.25) is 0 Å². The molecule has 0 radical (unpaired) electrons. The first kappa shape index (κ1) is 15.3. The fourth-order valence-electron chi connectivity index (χ4n) is 1.32. The van der Waals surface area contributed by atoms with Crippen LogP contribution in [0, 0.1) is 0 Å². The molecule has 0 aliphatic carbocycles. The first-order valence-electron chi connectivity index (χ1n) is 5.90. The van der Waals surface area contributed by atoms with Gasteiger partial charge in [0, 0.05) is 11.9 Å². The van der Waals surface area contributed by atoms with Crippen LogP contribution in [0.3, 0.4) is 0 Å². The average molecular weight is 288 g/mol. The van der Waals surface area contributed by atoms with Crippen molar-refractivity contribution in [3.63, 3.8) is 0 Å². The van der Waals surface area contributed by atoms with Crippen LogP contribution in [-0.4, -0.2) is 34.6 Å². The molecule has 0 bridgehead atoms. The number of aromatic nitrogens is 1. The van der Waals surface area contributed by atoms with Crippen LogP contribution in [-0.2, 0) is 10.2 Å². The number of carboxylic acids is 1. The van der Waals surface area contributed by atoms with Crippen LogP contribution in [0.5, 0.6) is 0 Å². The van der Waals surface area contributed by atoms with Crippen LogP contribution in [0.4, 0.5) is 5.13 Å². The van der Waals surface area contributed by atoms with Crippen molar-refractivity contribution in [2.75, 3.05) is 23.9 Å². The molecule has 0 atom stereocenters. The minimum absolute atomic E-state index is 0.617. The van der Waals surface area contributed by atoms with Crippen LogP contribution in [0.15, 0.2) is 5.38 Å². The fourth-order valence-corrected chi connectivity index (χ4v) is 2.72. The van der Waals surface area contributed by atoms with Crippen molar-refractivity contribution in [1.29, 1.82) is 0 Å². The summed E-state index contributed by atoms with van der Waals surface area (Å²) in [6.45, 7) is 4.24. The highest BCUT2D eigenvalue weighted by Crippen LogP contribution is 2.27. The van der Waals surface area contributed by atoms with E-state index in [1.54, 1.807) is 13.8 Å². The summed E-state index contributed by atoms with van der Waals surface area (Å²) < 4.78 is 0. The summed E-state index contributed by atoms with van der Waals surface area (Å²) in [5.41, 5.74) is -0.304. The first-order valence-corrected chi connectivity index (χ1v) is 8.18. The number of anilines is 1. The average Bonchev–Trinajstić information content (AvgIpc) is 2.78. The largest absolute Gasteiger partial charge is 0.481 e. The molecule has 0 saturated heterocycles. The van der Waals surface area contributed by atoms with Crippen LogP contribution < -0.4 is 5.32 Å². The molecule has 0 amide bonds. The summed E-state index contributed by atoms with van der Waals surface area (Å²) in [7, 11) is 0. The minimum Gasteiger partial charge on any atom is -0.481 e. The Morgan fingerprint density at radius 2 is 2.28 bits per heavy atom. The topological polar surface area (TPSA) is 62.2 Å². The van der Waals surface area contributed by atoms with Gasteiger partial charge in [-0.05, 0) is 38.7 Å². The van der Waals surface area contributed by atoms with E-state index in [1.165, 1.54) is 23.5 Å². The summed E-state index contributed by atoms with van der Waals surface area (Å²) in [6.07, 6.45) is 4.40. The zero-order chi connectivity index (χ0) is 13.6. The minimum atomic E-state index is -0.921. The van der Waals surface area contributed by atoms with E-state index in [4.69, 9.17) is 5.11 Å². The molecule has 102 valence electrons. The summed E-state index contributed by atoms with van der Waals surface area (Å²) in [4.78, 5) is 15.4. The van der Waals surface area contributed by atoms with Gasteiger partial charge in [-0.2, -0.15) is 11.8 Å². The van der Waals surface area contributed by atoms with Crippen molar-refractivity contribution < 1.29 is 9.90 Å². The van der Waals surface area contributed by atoms with Gasteiger partial charge in [-0.15, -0.1) is 11.3 Å². The summed E-state index contributed by atoms with van der Waals surface area (Å²) in [5.74, 6) is 0.330. The normalized spacial score (nSPS) is 11.5. The Labute approximate surface area is 116 Å². The molecular formula is C12H20N2O2S2. The Kier molecular flexibility index (Phi) is 5.95. The number of thioether (sulfide) groups is 1. The highest BCUT2D eigenvalue weighted by atomic mass is 32.2. The van der Waals surface area contributed by atoms with E-state index in [9.17, 15) is 4.79 Å². The van der Waals surface area contributed by atoms with Crippen LogP contribution >= 0.6 is 23.1 Å². The molecule has 1 aromatic heterocycles. The molecule has 0 aromatic carbocycles. The van der Waals surface area contributed by atoms with Crippen molar-refractivity contribution in [3.8, 4) is 0 Å². The second kappa shape index (κ2) is 6.99. The Balaban J connectivity index is 2.46. The molecule has 6 heteroatoms. The van der Waals surface area contributed by atoms with Gasteiger partial charge in [0.25, 0.3) is 0 Å². The number of rotatable bonds is 8. The smallest absolute Gasteiger partial charge is 0.315 e. The number of nitrogens with one attached hydrogen (secondary N) is 1. The number of carbonyl (C=O) groups is 1. The second-order valence-electron chi connectivity index (χ2n) is 4.59. The maximum Gasteiger partial charge on any atom is 0.315 e. The van der Waals surface area contributed by atoms with E-state index in [0.29, 0.717) is 5.69 Å². The fraction of sp³-hybridized carbons (Fsp3) is 0.667. The third-order valence-electron chi connectivity index (χ3n) is 2.73. The first-order chi connectivity index (χ1) is 8.48.